The number of amides is 2. The van der Waals surface area contributed by atoms with Crippen LogP contribution in [-0.4, -0.2) is 90.7 Å². The highest BCUT2D eigenvalue weighted by atomic mass is 35.5. The Hall–Kier alpha value is -4.19. The molecule has 0 unspecified atom stereocenters. The molecule has 0 atom stereocenters. The summed E-state index contributed by atoms with van der Waals surface area (Å²) in [6, 6.07) is 7.80. The van der Waals surface area contributed by atoms with E-state index in [1.165, 1.54) is 4.52 Å². The van der Waals surface area contributed by atoms with Crippen LogP contribution in [0.2, 0.25) is 5.02 Å². The van der Waals surface area contributed by atoms with Crippen LogP contribution in [0, 0.1) is 0 Å². The Morgan fingerprint density at radius 2 is 1.84 bits per heavy atom. The normalized spacial score (nSPS) is 17.9. The van der Waals surface area contributed by atoms with Gasteiger partial charge in [0.2, 0.25) is 17.6 Å². The fourth-order valence-electron chi connectivity index (χ4n) is 6.59. The highest BCUT2D eigenvalue weighted by molar-refractivity contribution is 7.96. The van der Waals surface area contributed by atoms with Gasteiger partial charge in [-0.15, -0.1) is 5.10 Å². The predicted octanol–water partition coefficient (Wildman–Crippen LogP) is 3.66. The lowest BCUT2D eigenvalue weighted by atomic mass is 9.85. The Balaban J connectivity index is 1.23. The highest BCUT2D eigenvalue weighted by Crippen LogP contribution is 2.43. The molecule has 1 N–H and O–H groups in total. The predicted molar refractivity (Wildman–Crippen MR) is 175 cm³/mol. The fourth-order valence-corrected chi connectivity index (χ4v) is 7.35. The summed E-state index contributed by atoms with van der Waals surface area (Å²) in [6.45, 7) is 3.04. The summed E-state index contributed by atoms with van der Waals surface area (Å²) in [5.74, 6) is -0.359. The summed E-state index contributed by atoms with van der Waals surface area (Å²) in [6.07, 6.45) is -0.387. The number of alkyl halides is 3. The van der Waals surface area contributed by atoms with Crippen molar-refractivity contribution in [2.45, 2.75) is 37.8 Å². The van der Waals surface area contributed by atoms with Crippen LogP contribution in [-0.2, 0) is 34.5 Å². The third-order valence-corrected chi connectivity index (χ3v) is 10.4. The van der Waals surface area contributed by atoms with Gasteiger partial charge in [-0.1, -0.05) is 29.6 Å². The van der Waals surface area contributed by atoms with Gasteiger partial charge in [0.05, 0.1) is 34.1 Å². The van der Waals surface area contributed by atoms with Crippen molar-refractivity contribution in [3.8, 4) is 0 Å². The van der Waals surface area contributed by atoms with Crippen LogP contribution in [0.4, 0.5) is 24.8 Å². The maximum absolute atomic E-state index is 14.2. The minimum Gasteiger partial charge on any atom is -0.364 e. The van der Waals surface area contributed by atoms with Gasteiger partial charge in [-0.2, -0.15) is 22.7 Å². The zero-order valence-corrected chi connectivity index (χ0v) is 27.8. The van der Waals surface area contributed by atoms with Crippen LogP contribution in [0.25, 0.3) is 5.78 Å². The highest BCUT2D eigenvalue weighted by Gasteiger charge is 2.48. The summed E-state index contributed by atoms with van der Waals surface area (Å²) >= 11 is 7.77. The molecule has 2 fully saturated rings. The molecule has 0 aliphatic carbocycles. The van der Waals surface area contributed by atoms with E-state index in [9.17, 15) is 27.6 Å². The van der Waals surface area contributed by atoms with Gasteiger partial charge in [0.15, 0.2) is 0 Å². The zero-order chi connectivity index (χ0) is 34.5. The van der Waals surface area contributed by atoms with Crippen LogP contribution in [0.5, 0.6) is 0 Å². The molecule has 18 heteroatoms. The fraction of sp³-hybridized carbons (Fsp3) is 0.419. The van der Waals surface area contributed by atoms with Crippen LogP contribution >= 0.6 is 23.5 Å². The number of nitrogens with one attached hydrogen (secondary N) is 1. The SMILES string of the molecule is CSN1CCN(c2nc3n(CC(=O)Nc4ccc(C(F)(F)F)cc4Cl)c4c(c(=O)n3n2)C2(CCN(C(=O)c3ccccn3)CC2)OC4)CC1. The van der Waals surface area contributed by atoms with Crippen molar-refractivity contribution in [1.29, 1.82) is 0 Å². The molecule has 258 valence electrons. The third-order valence-electron chi connectivity index (χ3n) is 9.18. The number of carbonyl (C=O) groups excluding carboxylic acids is 2. The molecule has 1 aromatic carbocycles. The molecule has 3 aliphatic rings. The zero-order valence-electron chi connectivity index (χ0n) is 26.2. The molecule has 7 rings (SSSR count). The van der Waals surface area contributed by atoms with E-state index in [4.69, 9.17) is 21.3 Å². The first-order valence-electron chi connectivity index (χ1n) is 15.6. The summed E-state index contributed by atoms with van der Waals surface area (Å²) in [5, 5.41) is 6.92. The second-order valence-corrected chi connectivity index (χ2v) is 13.3. The molecule has 0 saturated carbocycles. The van der Waals surface area contributed by atoms with Gasteiger partial charge < -0.3 is 24.4 Å². The number of fused-ring (bicyclic) bond motifs is 3. The van der Waals surface area contributed by atoms with E-state index in [1.807, 2.05) is 11.2 Å². The minimum absolute atomic E-state index is 0.000126. The van der Waals surface area contributed by atoms with E-state index in [0.717, 1.165) is 31.3 Å². The molecule has 49 heavy (non-hydrogen) atoms. The number of piperidine rings is 1. The maximum atomic E-state index is 14.2. The van der Waals surface area contributed by atoms with Crippen molar-refractivity contribution in [2.75, 3.05) is 55.7 Å². The molecule has 13 nitrogen and oxygen atoms in total. The third kappa shape index (κ3) is 6.24. The van der Waals surface area contributed by atoms with Gasteiger partial charge in [-0.25, -0.2) is 4.31 Å². The van der Waals surface area contributed by atoms with Crippen LogP contribution in [0.15, 0.2) is 47.4 Å². The topological polar surface area (TPSA) is 130 Å². The number of hydrogen-bond donors (Lipinski definition) is 1. The standard InChI is InChI=1S/C31H31ClF3N9O4S/c1-49-42-14-12-41(13-15-42)28-38-29-43(17-24(45)37-21-6-5-19(16-20(21)32)31(33,34)35)23-18-48-30(25(23)27(47)44(29)39-28)7-10-40(11-8-30)26(46)22-4-2-3-9-36-22/h2-6,9,16H,7-8,10-15,17-18H2,1H3,(H,37,45). The van der Waals surface area contributed by atoms with Crippen molar-refractivity contribution in [3.63, 3.8) is 0 Å². The Labute approximate surface area is 287 Å². The lowest BCUT2D eigenvalue weighted by molar-refractivity contribution is -0.137. The average Bonchev–Trinajstić information content (AvgIpc) is 3.71. The monoisotopic (exact) mass is 717 g/mol. The quantitative estimate of drug-likeness (QED) is 0.295. The number of benzene rings is 1. The second-order valence-electron chi connectivity index (χ2n) is 12.0. The molecule has 3 aliphatic heterocycles. The van der Waals surface area contributed by atoms with Crippen molar-refractivity contribution < 1.29 is 27.5 Å². The maximum Gasteiger partial charge on any atom is 0.416 e. The number of pyridine rings is 1. The van der Waals surface area contributed by atoms with E-state index in [1.54, 1.807) is 45.8 Å². The lowest BCUT2D eigenvalue weighted by Crippen LogP contribution is -2.47. The van der Waals surface area contributed by atoms with Crippen molar-refractivity contribution in [1.82, 2.24) is 33.4 Å². The van der Waals surface area contributed by atoms with Gasteiger partial charge in [-0.3, -0.25) is 19.4 Å². The lowest BCUT2D eigenvalue weighted by Gasteiger charge is -2.38. The number of halogens is 4. The van der Waals surface area contributed by atoms with Gasteiger partial charge in [0, 0.05) is 45.5 Å². The summed E-state index contributed by atoms with van der Waals surface area (Å²) in [5.41, 5.74) is -1.29. The van der Waals surface area contributed by atoms with Crippen molar-refractivity contribution in [2.24, 2.45) is 0 Å². The first-order valence-corrected chi connectivity index (χ1v) is 17.1. The van der Waals surface area contributed by atoms with E-state index >= 15 is 0 Å². The average molecular weight is 718 g/mol. The number of hydrogen-bond acceptors (Lipinski definition) is 10. The number of nitrogens with zero attached hydrogens (tertiary/aromatic N) is 8. The number of likely N-dealkylation sites (tertiary alicyclic amines) is 1. The second kappa shape index (κ2) is 12.9. The first-order chi connectivity index (χ1) is 23.5. The Morgan fingerprint density at radius 1 is 1.08 bits per heavy atom. The molecule has 1 spiro atoms. The molecule has 4 aromatic rings. The van der Waals surface area contributed by atoms with Gasteiger partial charge in [0.1, 0.15) is 17.8 Å². The Kier molecular flexibility index (Phi) is 8.79. The first kappa shape index (κ1) is 33.3. The van der Waals surface area contributed by atoms with Gasteiger partial charge >= 0.3 is 6.18 Å². The van der Waals surface area contributed by atoms with Crippen molar-refractivity contribution in [3.05, 3.63) is 80.5 Å². The van der Waals surface area contributed by atoms with Gasteiger partial charge in [-0.05, 0) is 49.4 Å². The number of ether oxygens (including phenoxy) is 1. The smallest absolute Gasteiger partial charge is 0.364 e. The summed E-state index contributed by atoms with van der Waals surface area (Å²) in [4.78, 5) is 53.4. The van der Waals surface area contributed by atoms with Crippen molar-refractivity contribution >= 4 is 52.8 Å². The van der Waals surface area contributed by atoms with E-state index in [0.29, 0.717) is 61.9 Å². The molecule has 2 amide bonds. The molecular weight excluding hydrogens is 687 g/mol. The number of piperazine rings is 1. The number of rotatable bonds is 6. The number of aromatic nitrogens is 5. The molecule has 2 saturated heterocycles. The minimum atomic E-state index is -4.60. The van der Waals surface area contributed by atoms with Crippen LogP contribution in [0.3, 0.4) is 0 Å². The van der Waals surface area contributed by atoms with Crippen LogP contribution < -0.4 is 15.8 Å². The van der Waals surface area contributed by atoms with Gasteiger partial charge in [0.25, 0.3) is 11.5 Å². The number of carbonyl (C=O) groups is 2. The van der Waals surface area contributed by atoms with E-state index in [2.05, 4.69) is 19.7 Å². The molecule has 3 aromatic heterocycles. The Morgan fingerprint density at radius 3 is 2.49 bits per heavy atom. The summed E-state index contributed by atoms with van der Waals surface area (Å²) in [7, 11) is 0. The summed E-state index contributed by atoms with van der Waals surface area (Å²) < 4.78 is 50.9. The van der Waals surface area contributed by atoms with Crippen LogP contribution in [0.1, 0.15) is 40.2 Å². The van der Waals surface area contributed by atoms with E-state index < -0.39 is 28.8 Å². The van der Waals surface area contributed by atoms with E-state index in [-0.39, 0.29) is 35.5 Å². The molecule has 0 bridgehead atoms. The molecule has 0 radical (unpaired) electrons. The Bertz CT molecular complexity index is 1970. The molecular formula is C31H31ClF3N9O4S. The molecule has 6 heterocycles. The number of anilines is 2. The largest absolute Gasteiger partial charge is 0.416 e.